The van der Waals surface area contributed by atoms with Crippen molar-refractivity contribution in [2.75, 3.05) is 11.9 Å². The second-order valence-corrected chi connectivity index (χ2v) is 9.80. The van der Waals surface area contributed by atoms with Gasteiger partial charge in [0.2, 0.25) is 5.91 Å². The average Bonchev–Trinajstić information content (AvgIpc) is 2.80. The fraction of sp³-hybridized carbons (Fsp3) is 0.393. The second-order valence-electron chi connectivity index (χ2n) is 9.80. The average molecular weight is 496 g/mol. The standard InChI is InChI=1S/C28H37N3O5/c1-8-20-13-11-14-21(16-20)24(25(33)29-22-15-10-9-12-19(22)4)31(18(2)3)26(34)23(17-32)30-27(35)36-28(5,6)7/h8-16,18,23-24,32H,1,17H2,2-7H3,(H,29,33)(H,30,35). The van der Waals surface area contributed by atoms with Crippen LogP contribution in [-0.4, -0.2) is 52.2 Å². The molecule has 36 heavy (non-hydrogen) atoms. The van der Waals surface area contributed by atoms with Crippen LogP contribution in [0.5, 0.6) is 0 Å². The smallest absolute Gasteiger partial charge is 0.408 e. The first-order valence-electron chi connectivity index (χ1n) is 11.9. The monoisotopic (exact) mass is 495 g/mol. The molecule has 2 unspecified atom stereocenters. The Balaban J connectivity index is 2.50. The first kappa shape index (κ1) is 28.6. The molecule has 0 fully saturated rings. The Morgan fingerprint density at radius 3 is 2.33 bits per heavy atom. The van der Waals surface area contributed by atoms with E-state index in [1.807, 2.05) is 31.2 Å². The zero-order valence-electron chi connectivity index (χ0n) is 21.9. The van der Waals surface area contributed by atoms with E-state index in [4.69, 9.17) is 4.74 Å². The van der Waals surface area contributed by atoms with E-state index < -0.39 is 48.2 Å². The van der Waals surface area contributed by atoms with Crippen LogP contribution in [0.4, 0.5) is 10.5 Å². The number of carbonyl (C=O) groups is 3. The van der Waals surface area contributed by atoms with E-state index in [1.165, 1.54) is 4.90 Å². The molecule has 0 radical (unpaired) electrons. The SMILES string of the molecule is C=Cc1cccc(C(C(=O)Nc2ccccc2C)N(C(=O)C(CO)NC(=O)OC(C)(C)C)C(C)C)c1. The van der Waals surface area contributed by atoms with Gasteiger partial charge in [0.15, 0.2) is 0 Å². The van der Waals surface area contributed by atoms with Gasteiger partial charge in [0.1, 0.15) is 17.7 Å². The van der Waals surface area contributed by atoms with Crippen LogP contribution in [0.2, 0.25) is 0 Å². The fourth-order valence-corrected chi connectivity index (χ4v) is 3.70. The molecule has 194 valence electrons. The summed E-state index contributed by atoms with van der Waals surface area (Å²) in [6.45, 7) is 13.6. The molecular formula is C28H37N3O5. The third kappa shape index (κ3) is 7.68. The molecule has 2 aromatic carbocycles. The maximum absolute atomic E-state index is 13.7. The van der Waals surface area contributed by atoms with Crippen LogP contribution in [0.3, 0.4) is 0 Å². The number of carbonyl (C=O) groups excluding carboxylic acids is 3. The molecule has 0 aromatic heterocycles. The Bertz CT molecular complexity index is 1090. The van der Waals surface area contributed by atoms with Gasteiger partial charge in [-0.05, 0) is 70.4 Å². The highest BCUT2D eigenvalue weighted by atomic mass is 16.6. The van der Waals surface area contributed by atoms with E-state index in [1.54, 1.807) is 65.0 Å². The highest BCUT2D eigenvalue weighted by Crippen LogP contribution is 2.28. The van der Waals surface area contributed by atoms with Crippen molar-refractivity contribution in [2.45, 2.75) is 65.3 Å². The number of hydrogen-bond donors (Lipinski definition) is 3. The Labute approximate surface area is 213 Å². The molecule has 0 aliphatic heterocycles. The number of aliphatic hydroxyl groups is 1. The molecule has 0 spiro atoms. The summed E-state index contributed by atoms with van der Waals surface area (Å²) in [6.07, 6.45) is 0.815. The first-order chi connectivity index (χ1) is 16.9. The largest absolute Gasteiger partial charge is 0.444 e. The second kappa shape index (κ2) is 12.4. The molecule has 2 rings (SSSR count). The van der Waals surface area contributed by atoms with Crippen molar-refractivity contribution < 1.29 is 24.2 Å². The van der Waals surface area contributed by atoms with E-state index in [-0.39, 0.29) is 0 Å². The molecule has 8 nitrogen and oxygen atoms in total. The Morgan fingerprint density at radius 2 is 1.78 bits per heavy atom. The lowest BCUT2D eigenvalue weighted by atomic mass is 9.99. The first-order valence-corrected chi connectivity index (χ1v) is 11.9. The summed E-state index contributed by atoms with van der Waals surface area (Å²) in [6, 6.07) is 11.7. The molecule has 0 heterocycles. The van der Waals surface area contributed by atoms with Crippen molar-refractivity contribution in [1.82, 2.24) is 10.2 Å². The molecule has 3 N–H and O–H groups in total. The summed E-state index contributed by atoms with van der Waals surface area (Å²) < 4.78 is 5.25. The predicted octanol–water partition coefficient (Wildman–Crippen LogP) is 4.44. The van der Waals surface area contributed by atoms with Crippen molar-refractivity contribution in [2.24, 2.45) is 0 Å². The van der Waals surface area contributed by atoms with Crippen LogP contribution < -0.4 is 10.6 Å². The normalized spacial score (nSPS) is 12.9. The van der Waals surface area contributed by atoms with Crippen molar-refractivity contribution in [3.05, 3.63) is 71.8 Å². The number of hydrogen-bond acceptors (Lipinski definition) is 5. The minimum Gasteiger partial charge on any atom is -0.444 e. The molecule has 2 atom stereocenters. The van der Waals surface area contributed by atoms with Gasteiger partial charge in [-0.15, -0.1) is 0 Å². The highest BCUT2D eigenvalue weighted by Gasteiger charge is 2.37. The number of aryl methyl sites for hydroxylation is 1. The minimum absolute atomic E-state index is 0.429. The summed E-state index contributed by atoms with van der Waals surface area (Å²) in [7, 11) is 0. The van der Waals surface area contributed by atoms with Crippen molar-refractivity contribution >= 4 is 29.7 Å². The molecule has 0 aliphatic rings. The van der Waals surface area contributed by atoms with E-state index in [0.717, 1.165) is 11.1 Å². The van der Waals surface area contributed by atoms with Crippen LogP contribution in [-0.2, 0) is 14.3 Å². The number of nitrogens with zero attached hydrogens (tertiary/aromatic N) is 1. The van der Waals surface area contributed by atoms with Gasteiger partial charge in [-0.3, -0.25) is 9.59 Å². The van der Waals surface area contributed by atoms with Crippen LogP contribution in [0.25, 0.3) is 6.08 Å². The molecule has 0 saturated heterocycles. The van der Waals surface area contributed by atoms with Crippen LogP contribution in [0.15, 0.2) is 55.1 Å². The quantitative estimate of drug-likeness (QED) is 0.477. The van der Waals surface area contributed by atoms with E-state index in [0.29, 0.717) is 11.3 Å². The molecule has 0 aliphatic carbocycles. The van der Waals surface area contributed by atoms with Gasteiger partial charge in [0.05, 0.1) is 6.61 Å². The van der Waals surface area contributed by atoms with Crippen molar-refractivity contribution in [3.63, 3.8) is 0 Å². The fourth-order valence-electron chi connectivity index (χ4n) is 3.70. The third-order valence-corrected chi connectivity index (χ3v) is 5.37. The van der Waals surface area contributed by atoms with Gasteiger partial charge in [-0.2, -0.15) is 0 Å². The summed E-state index contributed by atoms with van der Waals surface area (Å²) in [5.74, 6) is -1.05. The predicted molar refractivity (Wildman–Crippen MR) is 141 cm³/mol. The lowest BCUT2D eigenvalue weighted by Gasteiger charge is -2.37. The highest BCUT2D eigenvalue weighted by molar-refractivity contribution is 5.99. The summed E-state index contributed by atoms with van der Waals surface area (Å²) in [5, 5.41) is 15.4. The van der Waals surface area contributed by atoms with Crippen LogP contribution in [0, 0.1) is 6.92 Å². The maximum Gasteiger partial charge on any atom is 0.408 e. The number of ether oxygens (including phenoxy) is 1. The molecule has 0 saturated carbocycles. The molecule has 8 heteroatoms. The molecule has 0 bridgehead atoms. The number of anilines is 1. The zero-order valence-corrected chi connectivity index (χ0v) is 21.9. The summed E-state index contributed by atoms with van der Waals surface area (Å²) >= 11 is 0. The Hall–Kier alpha value is -3.65. The number of aliphatic hydroxyl groups excluding tert-OH is 1. The number of amides is 3. The molecular weight excluding hydrogens is 458 g/mol. The van der Waals surface area contributed by atoms with Gasteiger partial charge >= 0.3 is 6.09 Å². The molecule has 2 aromatic rings. The van der Waals surface area contributed by atoms with Gasteiger partial charge in [-0.25, -0.2) is 4.79 Å². The number of alkyl carbamates (subject to hydrolysis) is 1. The lowest BCUT2D eigenvalue weighted by molar-refractivity contribution is -0.143. The number of rotatable bonds is 9. The summed E-state index contributed by atoms with van der Waals surface area (Å²) in [4.78, 5) is 41.2. The number of para-hydroxylation sites is 1. The van der Waals surface area contributed by atoms with Gasteiger partial charge in [0.25, 0.3) is 5.91 Å². The third-order valence-electron chi connectivity index (χ3n) is 5.37. The lowest BCUT2D eigenvalue weighted by Crippen LogP contribution is -2.55. The van der Waals surface area contributed by atoms with Gasteiger partial charge in [0, 0.05) is 11.7 Å². The number of nitrogens with one attached hydrogen (secondary N) is 2. The Morgan fingerprint density at radius 1 is 1.11 bits per heavy atom. The van der Waals surface area contributed by atoms with Crippen molar-refractivity contribution in [3.8, 4) is 0 Å². The van der Waals surface area contributed by atoms with Gasteiger partial charge < -0.3 is 25.4 Å². The van der Waals surface area contributed by atoms with E-state index in [2.05, 4.69) is 17.2 Å². The zero-order chi connectivity index (χ0) is 27.0. The van der Waals surface area contributed by atoms with Crippen LogP contribution >= 0.6 is 0 Å². The van der Waals surface area contributed by atoms with Gasteiger partial charge in [-0.1, -0.05) is 49.1 Å². The Kier molecular flexibility index (Phi) is 9.81. The van der Waals surface area contributed by atoms with Crippen LogP contribution in [0.1, 0.15) is 57.4 Å². The van der Waals surface area contributed by atoms with E-state index >= 15 is 0 Å². The minimum atomic E-state index is -1.31. The maximum atomic E-state index is 13.7. The number of benzene rings is 2. The summed E-state index contributed by atoms with van der Waals surface area (Å²) in [5.41, 5.74) is 2.05. The van der Waals surface area contributed by atoms with E-state index in [9.17, 15) is 19.5 Å². The molecule has 3 amide bonds. The van der Waals surface area contributed by atoms with Crippen molar-refractivity contribution in [1.29, 1.82) is 0 Å². The topological polar surface area (TPSA) is 108 Å².